The zero-order chi connectivity index (χ0) is 26.0. The number of nitrogens with one attached hydrogen (secondary N) is 2. The van der Waals surface area contributed by atoms with Crippen molar-refractivity contribution in [2.45, 2.75) is 6.92 Å². The molecule has 36 heavy (non-hydrogen) atoms. The molecule has 0 saturated heterocycles. The van der Waals surface area contributed by atoms with Gasteiger partial charge in [-0.3, -0.25) is 14.4 Å². The zero-order valence-corrected chi connectivity index (χ0v) is 20.6. The summed E-state index contributed by atoms with van der Waals surface area (Å²) in [6.45, 7) is 1.83. The smallest absolute Gasteiger partial charge is 0.337 e. The maximum Gasteiger partial charge on any atom is 0.337 e. The van der Waals surface area contributed by atoms with E-state index in [0.29, 0.717) is 22.0 Å². The van der Waals surface area contributed by atoms with Crippen molar-refractivity contribution in [2.75, 3.05) is 22.6 Å². The molecule has 3 aromatic rings. The number of hydrogen-bond acceptors (Lipinski definition) is 6. The Bertz CT molecular complexity index is 1430. The molecule has 8 nitrogen and oxygen atoms in total. The number of carbonyl (C=O) groups excluding carboxylic acids is 4. The maximum atomic E-state index is 13.0. The molecule has 0 unspecified atom stereocenters. The third-order valence-electron chi connectivity index (χ3n) is 5.41. The predicted molar refractivity (Wildman–Crippen MR) is 137 cm³/mol. The second-order valence-corrected chi connectivity index (χ2v) is 8.61. The average Bonchev–Trinajstić information content (AvgIpc) is 3.08. The number of benzene rings is 3. The Balaban J connectivity index is 1.49. The first-order chi connectivity index (χ1) is 17.2. The van der Waals surface area contributed by atoms with Crippen LogP contribution in [0.15, 0.2) is 77.5 Å². The number of esters is 1. The molecule has 2 N–H and O–H groups in total. The summed E-state index contributed by atoms with van der Waals surface area (Å²) in [6, 6.07) is 17.3. The van der Waals surface area contributed by atoms with Crippen LogP contribution >= 0.6 is 23.2 Å². The van der Waals surface area contributed by atoms with Crippen molar-refractivity contribution in [1.82, 2.24) is 0 Å². The number of aryl methyl sites for hydroxylation is 1. The molecule has 1 aliphatic rings. The topological polar surface area (TPSA) is 105 Å². The van der Waals surface area contributed by atoms with Gasteiger partial charge < -0.3 is 15.4 Å². The van der Waals surface area contributed by atoms with Gasteiger partial charge >= 0.3 is 5.97 Å². The van der Waals surface area contributed by atoms with Gasteiger partial charge in [0.25, 0.3) is 17.7 Å². The lowest BCUT2D eigenvalue weighted by Crippen LogP contribution is -2.32. The summed E-state index contributed by atoms with van der Waals surface area (Å²) in [6.07, 6.45) is 0. The lowest BCUT2D eigenvalue weighted by Gasteiger charge is -2.16. The van der Waals surface area contributed by atoms with Crippen LogP contribution in [0.5, 0.6) is 0 Å². The Morgan fingerprint density at radius 1 is 0.889 bits per heavy atom. The van der Waals surface area contributed by atoms with Gasteiger partial charge in [0, 0.05) is 22.0 Å². The monoisotopic (exact) mass is 523 g/mol. The van der Waals surface area contributed by atoms with Gasteiger partial charge in [0.1, 0.15) is 10.7 Å². The summed E-state index contributed by atoms with van der Waals surface area (Å²) in [5.41, 5.74) is 2.50. The minimum absolute atomic E-state index is 0.126. The summed E-state index contributed by atoms with van der Waals surface area (Å²) in [5.74, 6) is -2.36. The van der Waals surface area contributed by atoms with E-state index in [1.54, 1.807) is 42.5 Å². The highest BCUT2D eigenvalue weighted by Crippen LogP contribution is 2.31. The molecule has 3 aromatic carbocycles. The fourth-order valence-electron chi connectivity index (χ4n) is 3.55. The lowest BCUT2D eigenvalue weighted by atomic mass is 10.1. The van der Waals surface area contributed by atoms with Gasteiger partial charge in [0.15, 0.2) is 0 Å². The second kappa shape index (κ2) is 10.2. The van der Waals surface area contributed by atoms with Gasteiger partial charge in [0.2, 0.25) is 0 Å². The van der Waals surface area contributed by atoms with Gasteiger partial charge in [-0.15, -0.1) is 0 Å². The van der Waals surface area contributed by atoms with Gasteiger partial charge in [0.05, 0.1) is 18.4 Å². The zero-order valence-electron chi connectivity index (χ0n) is 19.1. The second-order valence-electron chi connectivity index (χ2n) is 7.79. The fraction of sp³-hybridized carbons (Fsp3) is 0.0769. The Morgan fingerprint density at radius 2 is 1.61 bits per heavy atom. The van der Waals surface area contributed by atoms with Gasteiger partial charge in [-0.1, -0.05) is 29.3 Å². The molecular formula is C26H19Cl2N3O5. The Morgan fingerprint density at radius 3 is 2.28 bits per heavy atom. The molecule has 1 aliphatic heterocycles. The summed E-state index contributed by atoms with van der Waals surface area (Å²) in [5, 5.41) is 5.94. The largest absolute Gasteiger partial charge is 0.465 e. The Kier molecular flexibility index (Phi) is 7.10. The van der Waals surface area contributed by atoms with Crippen molar-refractivity contribution in [3.05, 3.63) is 99.2 Å². The summed E-state index contributed by atoms with van der Waals surface area (Å²) >= 11 is 12.1. The van der Waals surface area contributed by atoms with E-state index in [2.05, 4.69) is 15.4 Å². The van der Waals surface area contributed by atoms with Crippen molar-refractivity contribution in [3.63, 3.8) is 0 Å². The molecule has 0 bridgehead atoms. The molecule has 0 aliphatic carbocycles. The first kappa shape index (κ1) is 25.0. The lowest BCUT2D eigenvalue weighted by molar-refractivity contribution is -0.120. The molecule has 10 heteroatoms. The van der Waals surface area contributed by atoms with Gasteiger partial charge in [-0.05, 0) is 73.2 Å². The number of ether oxygens (including phenoxy) is 1. The third kappa shape index (κ3) is 4.95. The number of anilines is 3. The number of nitrogens with zero attached hydrogens (tertiary/aromatic N) is 1. The van der Waals surface area contributed by atoms with Crippen LogP contribution in [0, 0.1) is 6.92 Å². The number of halogens is 2. The highest BCUT2D eigenvalue weighted by molar-refractivity contribution is 6.53. The number of carbonyl (C=O) groups is 4. The number of imide groups is 1. The number of hydrogen-bond donors (Lipinski definition) is 2. The van der Waals surface area contributed by atoms with Crippen LogP contribution < -0.4 is 15.5 Å². The van der Waals surface area contributed by atoms with E-state index in [0.717, 1.165) is 10.5 Å². The van der Waals surface area contributed by atoms with Crippen LogP contribution in [0.25, 0.3) is 0 Å². The summed E-state index contributed by atoms with van der Waals surface area (Å²) in [7, 11) is 1.23. The minimum atomic E-state index is -0.736. The van der Waals surface area contributed by atoms with Crippen LogP contribution in [0.4, 0.5) is 17.1 Å². The standard InChI is InChI=1S/C26H19Cl2N3O5/c1-14-12-17(27)8-11-20(14)30-23(32)15-6-9-18(10-7-15)29-22-21(28)24(33)31(25(22)34)19-5-3-4-16(13-19)26(35)36-2/h3-13,29H,1-2H3,(H,30,32). The average molecular weight is 524 g/mol. The van der Waals surface area contributed by atoms with Crippen LogP contribution in [-0.2, 0) is 14.3 Å². The Hall–Kier alpha value is -4.14. The van der Waals surface area contributed by atoms with Gasteiger partial charge in [-0.25, -0.2) is 9.69 Å². The van der Waals surface area contributed by atoms with E-state index in [1.807, 2.05) is 6.92 Å². The van der Waals surface area contributed by atoms with Crippen molar-refractivity contribution in [1.29, 1.82) is 0 Å². The van der Waals surface area contributed by atoms with E-state index in [4.69, 9.17) is 23.2 Å². The molecular weight excluding hydrogens is 505 g/mol. The molecule has 3 amide bonds. The quantitative estimate of drug-likeness (QED) is 0.343. The number of methoxy groups -OCH3 is 1. The first-order valence-corrected chi connectivity index (χ1v) is 11.4. The molecule has 0 atom stereocenters. The molecule has 0 spiro atoms. The molecule has 0 fully saturated rings. The first-order valence-electron chi connectivity index (χ1n) is 10.6. The van der Waals surface area contributed by atoms with E-state index in [-0.39, 0.29) is 27.9 Å². The SMILES string of the molecule is COC(=O)c1cccc(N2C(=O)C(Cl)=C(Nc3ccc(C(=O)Nc4ccc(Cl)cc4C)cc3)C2=O)c1. The Labute approximate surface area is 216 Å². The van der Waals surface area contributed by atoms with Crippen molar-refractivity contribution >= 4 is 64.0 Å². The van der Waals surface area contributed by atoms with Crippen LogP contribution in [0.3, 0.4) is 0 Å². The molecule has 4 rings (SSSR count). The molecule has 0 saturated carbocycles. The van der Waals surface area contributed by atoms with Crippen molar-refractivity contribution in [2.24, 2.45) is 0 Å². The van der Waals surface area contributed by atoms with Crippen LogP contribution in [0.2, 0.25) is 5.02 Å². The summed E-state index contributed by atoms with van der Waals surface area (Å²) in [4.78, 5) is 51.1. The normalized spacial score (nSPS) is 13.2. The van der Waals surface area contributed by atoms with E-state index < -0.39 is 17.8 Å². The predicted octanol–water partition coefficient (Wildman–Crippen LogP) is 5.12. The van der Waals surface area contributed by atoms with E-state index in [1.165, 1.54) is 31.4 Å². The van der Waals surface area contributed by atoms with Crippen molar-refractivity contribution < 1.29 is 23.9 Å². The molecule has 0 radical (unpaired) electrons. The van der Waals surface area contributed by atoms with E-state index in [9.17, 15) is 19.2 Å². The number of rotatable bonds is 6. The van der Waals surface area contributed by atoms with Crippen molar-refractivity contribution in [3.8, 4) is 0 Å². The van der Waals surface area contributed by atoms with Crippen LogP contribution in [0.1, 0.15) is 26.3 Å². The highest BCUT2D eigenvalue weighted by Gasteiger charge is 2.39. The molecule has 182 valence electrons. The number of amides is 3. The third-order valence-corrected chi connectivity index (χ3v) is 5.99. The van der Waals surface area contributed by atoms with Crippen LogP contribution in [-0.4, -0.2) is 30.8 Å². The van der Waals surface area contributed by atoms with E-state index >= 15 is 0 Å². The summed E-state index contributed by atoms with van der Waals surface area (Å²) < 4.78 is 4.69. The molecule has 1 heterocycles. The van der Waals surface area contributed by atoms with Gasteiger partial charge in [-0.2, -0.15) is 0 Å². The fourth-order valence-corrected chi connectivity index (χ4v) is 3.99. The minimum Gasteiger partial charge on any atom is -0.465 e. The highest BCUT2D eigenvalue weighted by atomic mass is 35.5. The molecule has 0 aromatic heterocycles. The maximum absolute atomic E-state index is 13.0.